The van der Waals surface area contributed by atoms with Crippen LogP contribution in [0.3, 0.4) is 0 Å². The highest BCUT2D eigenvalue weighted by Gasteiger charge is 2.08. The van der Waals surface area contributed by atoms with Crippen molar-refractivity contribution in [1.29, 1.82) is 0 Å². The molecule has 0 saturated carbocycles. The van der Waals surface area contributed by atoms with Crippen molar-refractivity contribution < 1.29 is 14.3 Å². The van der Waals surface area contributed by atoms with Crippen molar-refractivity contribution in [2.24, 2.45) is 0 Å². The van der Waals surface area contributed by atoms with Gasteiger partial charge >= 0.3 is 0 Å². The molecule has 1 aromatic carbocycles. The predicted molar refractivity (Wildman–Crippen MR) is 91.5 cm³/mol. The Labute approximate surface area is 143 Å². The Morgan fingerprint density at radius 1 is 1.17 bits per heavy atom. The molecule has 7 heteroatoms. The van der Waals surface area contributed by atoms with Gasteiger partial charge in [-0.3, -0.25) is 4.79 Å². The van der Waals surface area contributed by atoms with Crippen LogP contribution in [0.4, 0.5) is 5.69 Å². The summed E-state index contributed by atoms with van der Waals surface area (Å²) in [4.78, 5) is 16.1. The van der Waals surface area contributed by atoms with Gasteiger partial charge in [0.15, 0.2) is 0 Å². The molecule has 0 aliphatic carbocycles. The van der Waals surface area contributed by atoms with Crippen LogP contribution >= 0.6 is 23.2 Å². The maximum atomic E-state index is 12.0. The van der Waals surface area contributed by atoms with E-state index in [-0.39, 0.29) is 11.8 Å². The van der Waals surface area contributed by atoms with Crippen LogP contribution in [0.5, 0.6) is 11.8 Å². The number of ether oxygens (including phenoxy) is 2. The van der Waals surface area contributed by atoms with E-state index in [0.717, 1.165) is 0 Å². The number of hydrogen-bond donors (Lipinski definition) is 1. The fourth-order valence-corrected chi connectivity index (χ4v) is 2.24. The molecule has 0 unspecified atom stereocenters. The summed E-state index contributed by atoms with van der Waals surface area (Å²) >= 11 is 11.9. The fraction of sp³-hybridized carbons (Fsp3) is 0.125. The molecule has 0 bridgehead atoms. The molecule has 1 aromatic heterocycles. The summed E-state index contributed by atoms with van der Waals surface area (Å²) in [6, 6.07) is 8.30. The third-order valence-electron chi connectivity index (χ3n) is 2.87. The number of benzene rings is 1. The van der Waals surface area contributed by atoms with E-state index in [1.165, 1.54) is 20.3 Å². The van der Waals surface area contributed by atoms with E-state index in [1.807, 2.05) is 0 Å². The lowest BCUT2D eigenvalue weighted by atomic mass is 10.2. The normalized spacial score (nSPS) is 10.6. The molecular weight excluding hydrogens is 339 g/mol. The maximum Gasteiger partial charge on any atom is 0.248 e. The quantitative estimate of drug-likeness (QED) is 0.824. The van der Waals surface area contributed by atoms with Crippen LogP contribution in [0.1, 0.15) is 5.56 Å². The van der Waals surface area contributed by atoms with Gasteiger partial charge in [0.25, 0.3) is 0 Å². The van der Waals surface area contributed by atoms with Gasteiger partial charge in [-0.25, -0.2) is 0 Å². The Morgan fingerprint density at radius 3 is 2.61 bits per heavy atom. The van der Waals surface area contributed by atoms with Gasteiger partial charge in [0.05, 0.1) is 14.2 Å². The third-order valence-corrected chi connectivity index (χ3v) is 3.43. The van der Waals surface area contributed by atoms with Crippen LogP contribution in [0.15, 0.2) is 36.4 Å². The molecule has 2 rings (SSSR count). The van der Waals surface area contributed by atoms with E-state index in [2.05, 4.69) is 10.3 Å². The first-order chi connectivity index (χ1) is 11.0. The molecule has 1 amide bonds. The van der Waals surface area contributed by atoms with Gasteiger partial charge in [0.1, 0.15) is 5.69 Å². The molecule has 1 heterocycles. The standard InChI is InChI=1S/C16H14Cl2N2O3/c1-22-15-8-6-13(16(20-15)23-2)19-14(21)7-4-10-3-5-11(17)9-12(10)18/h3-9H,1-2H3,(H,19,21). The number of carbonyl (C=O) groups excluding carboxylic acids is 1. The highest BCUT2D eigenvalue weighted by molar-refractivity contribution is 6.35. The van der Waals surface area contributed by atoms with Crippen LogP contribution in [-0.2, 0) is 4.79 Å². The molecule has 0 aliphatic heterocycles. The van der Waals surface area contributed by atoms with Gasteiger partial charge in [-0.15, -0.1) is 0 Å². The van der Waals surface area contributed by atoms with Crippen LogP contribution in [0, 0.1) is 0 Å². The lowest BCUT2D eigenvalue weighted by Crippen LogP contribution is -2.09. The zero-order valence-electron chi connectivity index (χ0n) is 12.5. The number of amides is 1. The lowest BCUT2D eigenvalue weighted by Gasteiger charge is -2.09. The highest BCUT2D eigenvalue weighted by Crippen LogP contribution is 2.25. The van der Waals surface area contributed by atoms with E-state index in [0.29, 0.717) is 27.2 Å². The Balaban J connectivity index is 2.11. The van der Waals surface area contributed by atoms with Gasteiger partial charge in [-0.1, -0.05) is 29.3 Å². The second kappa shape index (κ2) is 7.85. The molecule has 23 heavy (non-hydrogen) atoms. The van der Waals surface area contributed by atoms with Crippen molar-refractivity contribution >= 4 is 40.9 Å². The summed E-state index contributed by atoms with van der Waals surface area (Å²) in [5.41, 5.74) is 1.12. The van der Waals surface area contributed by atoms with Gasteiger partial charge in [-0.05, 0) is 29.8 Å². The Kier molecular flexibility index (Phi) is 5.84. The summed E-state index contributed by atoms with van der Waals surface area (Å²) in [6.07, 6.45) is 2.95. The SMILES string of the molecule is COc1ccc(NC(=O)C=Cc2ccc(Cl)cc2Cl)c(OC)n1. The Morgan fingerprint density at radius 2 is 1.96 bits per heavy atom. The molecule has 5 nitrogen and oxygen atoms in total. The smallest absolute Gasteiger partial charge is 0.248 e. The van der Waals surface area contributed by atoms with Crippen molar-refractivity contribution in [1.82, 2.24) is 4.98 Å². The van der Waals surface area contributed by atoms with Gasteiger partial charge < -0.3 is 14.8 Å². The number of anilines is 1. The van der Waals surface area contributed by atoms with Gasteiger partial charge in [0, 0.05) is 22.2 Å². The fourth-order valence-electron chi connectivity index (χ4n) is 1.76. The Hall–Kier alpha value is -2.24. The van der Waals surface area contributed by atoms with Crippen molar-refractivity contribution in [2.45, 2.75) is 0 Å². The molecule has 0 aliphatic rings. The molecule has 2 aromatic rings. The summed E-state index contributed by atoms with van der Waals surface area (Å²) in [5.74, 6) is 0.306. The average Bonchev–Trinajstić information content (AvgIpc) is 2.54. The largest absolute Gasteiger partial charge is 0.481 e. The summed E-state index contributed by atoms with van der Waals surface area (Å²) in [5, 5.41) is 3.67. The third kappa shape index (κ3) is 4.61. The minimum absolute atomic E-state index is 0.260. The lowest BCUT2D eigenvalue weighted by molar-refractivity contribution is -0.111. The molecule has 1 N–H and O–H groups in total. The summed E-state index contributed by atoms with van der Waals surface area (Å²) < 4.78 is 10.1. The zero-order chi connectivity index (χ0) is 16.8. The molecule has 0 radical (unpaired) electrons. The first-order valence-electron chi connectivity index (χ1n) is 6.56. The second-order valence-electron chi connectivity index (χ2n) is 4.40. The first kappa shape index (κ1) is 17.1. The number of aromatic nitrogens is 1. The number of rotatable bonds is 5. The van der Waals surface area contributed by atoms with Crippen LogP contribution in [0.25, 0.3) is 6.08 Å². The van der Waals surface area contributed by atoms with Crippen LogP contribution in [-0.4, -0.2) is 25.1 Å². The second-order valence-corrected chi connectivity index (χ2v) is 5.24. The first-order valence-corrected chi connectivity index (χ1v) is 7.32. The highest BCUT2D eigenvalue weighted by atomic mass is 35.5. The number of hydrogen-bond acceptors (Lipinski definition) is 4. The number of methoxy groups -OCH3 is 2. The number of nitrogens with one attached hydrogen (secondary N) is 1. The zero-order valence-corrected chi connectivity index (χ0v) is 14.0. The molecule has 0 saturated heterocycles. The van der Waals surface area contributed by atoms with Crippen molar-refractivity contribution in [3.8, 4) is 11.8 Å². The van der Waals surface area contributed by atoms with E-state index < -0.39 is 0 Å². The van der Waals surface area contributed by atoms with Gasteiger partial charge in [0.2, 0.25) is 17.7 Å². The topological polar surface area (TPSA) is 60.5 Å². The van der Waals surface area contributed by atoms with E-state index >= 15 is 0 Å². The molecule has 120 valence electrons. The maximum absolute atomic E-state index is 12.0. The number of pyridine rings is 1. The van der Waals surface area contributed by atoms with Crippen molar-refractivity contribution in [3.05, 3.63) is 52.0 Å². The average molecular weight is 353 g/mol. The van der Waals surface area contributed by atoms with E-state index in [1.54, 1.807) is 36.4 Å². The number of carbonyl (C=O) groups is 1. The summed E-state index contributed by atoms with van der Waals surface area (Å²) in [6.45, 7) is 0. The molecule has 0 spiro atoms. The van der Waals surface area contributed by atoms with Gasteiger partial charge in [-0.2, -0.15) is 4.98 Å². The van der Waals surface area contributed by atoms with Crippen LogP contribution < -0.4 is 14.8 Å². The monoisotopic (exact) mass is 352 g/mol. The van der Waals surface area contributed by atoms with Crippen molar-refractivity contribution in [2.75, 3.05) is 19.5 Å². The van der Waals surface area contributed by atoms with E-state index in [4.69, 9.17) is 32.7 Å². The summed E-state index contributed by atoms with van der Waals surface area (Å²) in [7, 11) is 2.96. The number of halogens is 2. The molecule has 0 atom stereocenters. The number of nitrogens with zero attached hydrogens (tertiary/aromatic N) is 1. The minimum atomic E-state index is -0.346. The minimum Gasteiger partial charge on any atom is -0.481 e. The predicted octanol–water partition coefficient (Wildman–Crippen LogP) is 4.06. The van der Waals surface area contributed by atoms with E-state index in [9.17, 15) is 4.79 Å². The molecular formula is C16H14Cl2N2O3. The Bertz CT molecular complexity index is 748. The van der Waals surface area contributed by atoms with Crippen molar-refractivity contribution in [3.63, 3.8) is 0 Å². The molecule has 0 fully saturated rings. The van der Waals surface area contributed by atoms with Crippen LogP contribution in [0.2, 0.25) is 10.0 Å².